The van der Waals surface area contributed by atoms with Gasteiger partial charge < -0.3 is 14.2 Å². The zero-order valence-electron chi connectivity index (χ0n) is 23.4. The van der Waals surface area contributed by atoms with Crippen molar-refractivity contribution in [2.24, 2.45) is 5.92 Å². The minimum atomic E-state index is -1.39. The third kappa shape index (κ3) is 4.69. The summed E-state index contributed by atoms with van der Waals surface area (Å²) in [5.41, 5.74) is 3.50. The van der Waals surface area contributed by atoms with Gasteiger partial charge >= 0.3 is 6.09 Å². The molecule has 43 heavy (non-hydrogen) atoms. The number of piperidine rings is 1. The standard InChI is InChI=1S/C31H27ClFN7O3/c1-18-7-8-21(26(11-18)40-15-20(36-37-40)14-39-17-34-23-5-3-4-6-25(23)39)29(41)38-13-19(2)12-31(16-38)27-24(35-30(42)43-31)10-9-22(32)28(27)33/h3-11,15,17,19H,12-14,16H2,1-2H3,(H,35,42). The Hall–Kier alpha value is -4.77. The van der Waals surface area contributed by atoms with Crippen molar-refractivity contribution in [2.45, 2.75) is 32.4 Å². The lowest BCUT2D eigenvalue weighted by Gasteiger charge is -2.47. The predicted octanol–water partition coefficient (Wildman–Crippen LogP) is 5.71. The molecule has 0 saturated carbocycles. The molecule has 0 bridgehead atoms. The topological polar surface area (TPSA) is 107 Å². The lowest BCUT2D eigenvalue weighted by atomic mass is 9.79. The van der Waals surface area contributed by atoms with Gasteiger partial charge in [-0.15, -0.1) is 5.10 Å². The zero-order valence-corrected chi connectivity index (χ0v) is 24.2. The average Bonchev–Trinajstić information content (AvgIpc) is 3.61. The van der Waals surface area contributed by atoms with Crippen LogP contribution in [0.1, 0.15) is 40.5 Å². The molecule has 4 heterocycles. The van der Waals surface area contributed by atoms with Crippen LogP contribution in [0.3, 0.4) is 0 Å². The van der Waals surface area contributed by atoms with Gasteiger partial charge in [0.2, 0.25) is 0 Å². The average molecular weight is 600 g/mol. The molecular formula is C31H27ClFN7O3. The van der Waals surface area contributed by atoms with Crippen molar-refractivity contribution in [2.75, 3.05) is 18.4 Å². The fourth-order valence-corrected chi connectivity index (χ4v) is 6.45. The van der Waals surface area contributed by atoms with Gasteiger partial charge in [0.15, 0.2) is 11.4 Å². The number of ether oxygens (including phenoxy) is 1. The molecule has 5 aromatic rings. The van der Waals surface area contributed by atoms with Crippen LogP contribution in [0.25, 0.3) is 16.7 Å². The number of carbonyl (C=O) groups excluding carboxylic acids is 2. The molecule has 0 radical (unpaired) electrons. The summed E-state index contributed by atoms with van der Waals surface area (Å²) in [6.45, 7) is 4.70. The molecule has 10 nitrogen and oxygen atoms in total. The number of nitrogens with one attached hydrogen (secondary N) is 1. The third-order valence-corrected chi connectivity index (χ3v) is 8.34. The second kappa shape index (κ2) is 10.2. The van der Waals surface area contributed by atoms with Crippen LogP contribution in [0.15, 0.2) is 67.1 Å². The summed E-state index contributed by atoms with van der Waals surface area (Å²) in [4.78, 5) is 32.9. The zero-order chi connectivity index (χ0) is 29.9. The molecule has 0 aliphatic carbocycles. The Morgan fingerprint density at radius 3 is 2.91 bits per heavy atom. The largest absolute Gasteiger partial charge is 0.436 e. The summed E-state index contributed by atoms with van der Waals surface area (Å²) in [6.07, 6.45) is 3.20. The Morgan fingerprint density at radius 1 is 1.21 bits per heavy atom. The highest BCUT2D eigenvalue weighted by Gasteiger charge is 2.50. The number of para-hydroxylation sites is 2. The van der Waals surface area contributed by atoms with Crippen molar-refractivity contribution in [1.82, 2.24) is 29.4 Å². The molecule has 1 saturated heterocycles. The molecule has 2 aliphatic heterocycles. The Bertz CT molecular complexity index is 1920. The van der Waals surface area contributed by atoms with Crippen molar-refractivity contribution in [1.29, 1.82) is 0 Å². The third-order valence-electron chi connectivity index (χ3n) is 8.05. The van der Waals surface area contributed by atoms with Gasteiger partial charge in [-0.2, -0.15) is 0 Å². The maximum Gasteiger partial charge on any atom is 0.412 e. The summed E-state index contributed by atoms with van der Waals surface area (Å²) in [7, 11) is 0. The van der Waals surface area contributed by atoms with Gasteiger partial charge in [0, 0.05) is 6.54 Å². The molecule has 2 aliphatic rings. The predicted molar refractivity (Wildman–Crippen MR) is 158 cm³/mol. The summed E-state index contributed by atoms with van der Waals surface area (Å²) >= 11 is 6.15. The van der Waals surface area contributed by atoms with E-state index in [0.29, 0.717) is 36.5 Å². The first-order valence-corrected chi connectivity index (χ1v) is 14.3. The van der Waals surface area contributed by atoms with Gasteiger partial charge in [0.05, 0.1) is 64.2 Å². The SMILES string of the molecule is Cc1ccc(C(=O)N2CC(C)CC3(C2)OC(=O)Nc2ccc(Cl)c(F)c23)c(-n2cc(Cn3cnc4ccccc43)nn2)c1. The second-order valence-corrected chi connectivity index (χ2v) is 11.7. The normalized spacial score (nSPS) is 19.8. The van der Waals surface area contributed by atoms with Crippen molar-refractivity contribution in [3.63, 3.8) is 0 Å². The molecule has 218 valence electrons. The van der Waals surface area contributed by atoms with E-state index >= 15 is 4.39 Å². The molecule has 2 aromatic heterocycles. The van der Waals surface area contributed by atoms with Crippen molar-refractivity contribution >= 4 is 40.3 Å². The lowest BCUT2D eigenvalue weighted by molar-refractivity contribution is -0.0569. The molecule has 7 rings (SSSR count). The fourth-order valence-electron chi connectivity index (χ4n) is 6.30. The number of hydrogen-bond acceptors (Lipinski definition) is 6. The van der Waals surface area contributed by atoms with Crippen LogP contribution in [0.2, 0.25) is 5.02 Å². The number of rotatable bonds is 4. The minimum Gasteiger partial charge on any atom is -0.436 e. The van der Waals surface area contributed by atoms with Gasteiger partial charge in [-0.25, -0.2) is 18.9 Å². The van der Waals surface area contributed by atoms with Crippen LogP contribution in [-0.2, 0) is 16.9 Å². The van der Waals surface area contributed by atoms with Crippen LogP contribution in [0.5, 0.6) is 0 Å². The number of anilines is 1. The molecular weight excluding hydrogens is 573 g/mol. The second-order valence-electron chi connectivity index (χ2n) is 11.3. The van der Waals surface area contributed by atoms with E-state index in [9.17, 15) is 9.59 Å². The highest BCUT2D eigenvalue weighted by Crippen LogP contribution is 2.46. The van der Waals surface area contributed by atoms with Crippen LogP contribution in [-0.4, -0.2) is 54.5 Å². The van der Waals surface area contributed by atoms with E-state index in [1.807, 2.05) is 54.8 Å². The Kier molecular flexibility index (Phi) is 6.42. The van der Waals surface area contributed by atoms with E-state index in [1.165, 1.54) is 6.07 Å². The number of halogens is 2. The number of benzene rings is 3. The number of aryl methyl sites for hydroxylation is 1. The molecule has 1 spiro atoms. The van der Waals surface area contributed by atoms with Crippen LogP contribution >= 0.6 is 11.6 Å². The van der Waals surface area contributed by atoms with Gasteiger partial charge in [-0.05, 0) is 61.2 Å². The highest BCUT2D eigenvalue weighted by molar-refractivity contribution is 6.31. The maximum absolute atomic E-state index is 15.5. The fraction of sp³-hybridized carbons (Fsp3) is 0.258. The highest BCUT2D eigenvalue weighted by atomic mass is 35.5. The van der Waals surface area contributed by atoms with Crippen LogP contribution < -0.4 is 5.32 Å². The Morgan fingerprint density at radius 2 is 2.05 bits per heavy atom. The van der Waals surface area contributed by atoms with Gasteiger partial charge in [-0.1, -0.05) is 41.9 Å². The van der Waals surface area contributed by atoms with E-state index in [2.05, 4.69) is 20.6 Å². The van der Waals surface area contributed by atoms with Crippen LogP contribution in [0, 0.1) is 18.7 Å². The summed E-state index contributed by atoms with van der Waals surface area (Å²) < 4.78 is 24.9. The minimum absolute atomic E-state index is 0.0303. The quantitative estimate of drug-likeness (QED) is 0.284. The van der Waals surface area contributed by atoms with E-state index < -0.39 is 17.5 Å². The molecule has 3 aromatic carbocycles. The Labute approximate surface area is 251 Å². The van der Waals surface area contributed by atoms with Gasteiger partial charge in [-0.3, -0.25) is 10.1 Å². The summed E-state index contributed by atoms with van der Waals surface area (Å²) in [5.74, 6) is -1.07. The number of amides is 2. The number of likely N-dealkylation sites (tertiary alicyclic amines) is 1. The Balaban J connectivity index is 1.22. The van der Waals surface area contributed by atoms with Crippen LogP contribution in [0.4, 0.5) is 14.9 Å². The number of fused-ring (bicyclic) bond motifs is 3. The molecule has 2 amide bonds. The van der Waals surface area contributed by atoms with E-state index in [4.69, 9.17) is 16.3 Å². The molecule has 12 heteroatoms. The number of carbonyl (C=O) groups is 2. The maximum atomic E-state index is 15.5. The number of imidazole rings is 1. The van der Waals surface area contributed by atoms with Gasteiger partial charge in [0.1, 0.15) is 5.69 Å². The lowest BCUT2D eigenvalue weighted by Crippen LogP contribution is -2.56. The van der Waals surface area contributed by atoms with E-state index in [-0.39, 0.29) is 34.6 Å². The molecule has 1 fully saturated rings. The molecule has 2 unspecified atom stereocenters. The first-order chi connectivity index (χ1) is 20.7. The van der Waals surface area contributed by atoms with E-state index in [1.54, 1.807) is 34.2 Å². The molecule has 1 N–H and O–H groups in total. The van der Waals surface area contributed by atoms with Crippen molar-refractivity contribution in [3.8, 4) is 5.69 Å². The smallest absolute Gasteiger partial charge is 0.412 e. The van der Waals surface area contributed by atoms with Gasteiger partial charge in [0.25, 0.3) is 5.91 Å². The first kappa shape index (κ1) is 27.1. The number of aromatic nitrogens is 5. The first-order valence-electron chi connectivity index (χ1n) is 13.9. The summed E-state index contributed by atoms with van der Waals surface area (Å²) in [6, 6.07) is 16.3. The molecule has 2 atom stereocenters. The number of hydrogen-bond donors (Lipinski definition) is 1. The van der Waals surface area contributed by atoms with Crippen molar-refractivity contribution < 1.29 is 18.7 Å². The van der Waals surface area contributed by atoms with E-state index in [0.717, 1.165) is 16.6 Å². The monoisotopic (exact) mass is 599 g/mol. The van der Waals surface area contributed by atoms with Crippen molar-refractivity contribution in [3.05, 3.63) is 100 Å². The number of nitrogens with zero attached hydrogens (tertiary/aromatic N) is 6. The summed E-state index contributed by atoms with van der Waals surface area (Å²) in [5, 5.41) is 11.2.